The molecule has 0 radical (unpaired) electrons. The van der Waals surface area contributed by atoms with Crippen molar-refractivity contribution >= 4 is 0 Å². The first-order valence-corrected chi connectivity index (χ1v) is 16.8. The second kappa shape index (κ2) is 24.5. The third kappa shape index (κ3) is 16.9. The lowest BCUT2D eigenvalue weighted by molar-refractivity contribution is -0.727. The maximum atomic E-state index is 3.71. The molecule has 0 amide bonds. The molecule has 1 N–H and O–H groups in total. The van der Waals surface area contributed by atoms with Gasteiger partial charge in [0.2, 0.25) is 0 Å². The van der Waals surface area contributed by atoms with E-state index in [-0.39, 0.29) is 0 Å². The van der Waals surface area contributed by atoms with Crippen molar-refractivity contribution in [3.05, 3.63) is 18.2 Å². The van der Waals surface area contributed by atoms with Crippen molar-refractivity contribution in [3.63, 3.8) is 0 Å². The first-order valence-electron chi connectivity index (χ1n) is 16.8. The van der Waals surface area contributed by atoms with Crippen molar-refractivity contribution in [2.45, 2.75) is 200 Å². The smallest absolute Gasteiger partial charge is 0.247 e. The Labute approximate surface area is 227 Å². The quantitative estimate of drug-likeness (QED) is 0.0909. The van der Waals surface area contributed by atoms with Gasteiger partial charge in [-0.1, -0.05) is 156 Å². The van der Waals surface area contributed by atoms with Gasteiger partial charge in [-0.15, -0.1) is 0 Å². The molecule has 1 aromatic rings. The summed E-state index contributed by atoms with van der Waals surface area (Å²) in [4.78, 5) is 3.71. The monoisotopic (exact) mass is 504 g/mol. The Morgan fingerprint density at radius 1 is 0.528 bits per heavy atom. The van der Waals surface area contributed by atoms with Crippen LogP contribution >= 0.6 is 0 Å². The minimum atomic E-state index is 0.622. The number of imidazole rings is 1. The van der Waals surface area contributed by atoms with Crippen molar-refractivity contribution < 1.29 is 4.57 Å². The van der Waals surface area contributed by atoms with E-state index >= 15 is 0 Å². The van der Waals surface area contributed by atoms with Crippen LogP contribution in [0.5, 0.6) is 0 Å². The fourth-order valence-electron chi connectivity index (χ4n) is 5.90. The summed E-state index contributed by atoms with van der Waals surface area (Å²) in [6.45, 7) is 9.40. The van der Waals surface area contributed by atoms with Crippen molar-refractivity contribution in [2.75, 3.05) is 0 Å². The Balaban J connectivity index is 2.42. The molecule has 212 valence electrons. The zero-order chi connectivity index (χ0) is 26.1. The van der Waals surface area contributed by atoms with E-state index in [0.29, 0.717) is 12.0 Å². The minimum Gasteiger partial charge on any atom is -0.247 e. The summed E-state index contributed by atoms with van der Waals surface area (Å²) >= 11 is 0. The summed E-state index contributed by atoms with van der Waals surface area (Å²) in [7, 11) is 0. The van der Waals surface area contributed by atoms with Gasteiger partial charge in [-0.2, -0.15) is 0 Å². The predicted molar refractivity (Wildman–Crippen MR) is 161 cm³/mol. The van der Waals surface area contributed by atoms with Gasteiger partial charge in [0, 0.05) is 0 Å². The van der Waals surface area contributed by atoms with E-state index in [1.807, 2.05) is 0 Å². The van der Waals surface area contributed by atoms with Crippen molar-refractivity contribution in [1.29, 1.82) is 0 Å². The SMILES string of the molecule is CCCCCCCCCCCCC(C)[n+]1cc[nH]c1C(CCCCCCC)CCCCCCCCC. The number of nitrogens with one attached hydrogen (secondary N) is 1. The lowest BCUT2D eigenvalue weighted by Crippen LogP contribution is -2.41. The van der Waals surface area contributed by atoms with Gasteiger partial charge in [0.05, 0.1) is 12.0 Å². The Morgan fingerprint density at radius 3 is 1.31 bits per heavy atom. The highest BCUT2D eigenvalue weighted by atomic mass is 15.1. The van der Waals surface area contributed by atoms with Crippen LogP contribution in [0, 0.1) is 0 Å². The molecule has 2 nitrogen and oxygen atoms in total. The second-order valence-corrected chi connectivity index (χ2v) is 11.9. The van der Waals surface area contributed by atoms with Crippen LogP contribution in [0.15, 0.2) is 12.4 Å². The zero-order valence-electron chi connectivity index (χ0n) is 25.4. The van der Waals surface area contributed by atoms with Gasteiger partial charge in [0.1, 0.15) is 12.4 Å². The van der Waals surface area contributed by atoms with Crippen LogP contribution in [0.3, 0.4) is 0 Å². The Hall–Kier alpha value is -0.790. The number of nitrogens with zero attached hydrogens (tertiary/aromatic N) is 1. The minimum absolute atomic E-state index is 0.622. The fourth-order valence-corrected chi connectivity index (χ4v) is 5.90. The molecular weight excluding hydrogens is 436 g/mol. The zero-order valence-corrected chi connectivity index (χ0v) is 25.4. The molecule has 0 saturated heterocycles. The second-order valence-electron chi connectivity index (χ2n) is 11.9. The van der Waals surface area contributed by atoms with Crippen molar-refractivity contribution in [3.8, 4) is 0 Å². The summed E-state index contributed by atoms with van der Waals surface area (Å²) in [5.41, 5.74) is 0. The topological polar surface area (TPSA) is 19.7 Å². The van der Waals surface area contributed by atoms with Gasteiger partial charge < -0.3 is 0 Å². The fraction of sp³-hybridized carbons (Fsp3) is 0.912. The third-order valence-electron chi connectivity index (χ3n) is 8.39. The number of aromatic nitrogens is 2. The van der Waals surface area contributed by atoms with Crippen molar-refractivity contribution in [1.82, 2.24) is 4.98 Å². The highest BCUT2D eigenvalue weighted by molar-refractivity contribution is 4.90. The molecule has 0 spiro atoms. The number of unbranched alkanes of at least 4 members (excludes halogenated alkanes) is 19. The van der Waals surface area contributed by atoms with Crippen LogP contribution in [0.25, 0.3) is 0 Å². The molecule has 2 unspecified atom stereocenters. The summed E-state index contributed by atoms with van der Waals surface area (Å²) in [5, 5.41) is 0. The number of rotatable bonds is 27. The third-order valence-corrected chi connectivity index (χ3v) is 8.39. The van der Waals surface area contributed by atoms with E-state index in [1.165, 1.54) is 166 Å². The maximum Gasteiger partial charge on any atom is 0.257 e. The molecule has 2 heteroatoms. The Bertz CT molecular complexity index is 563. The molecule has 1 rings (SSSR count). The Kier molecular flexibility index (Phi) is 22.7. The Morgan fingerprint density at radius 2 is 0.889 bits per heavy atom. The van der Waals surface area contributed by atoms with Crippen LogP contribution in [0.1, 0.15) is 206 Å². The molecule has 0 saturated carbocycles. The molecule has 2 atom stereocenters. The molecule has 1 aromatic heterocycles. The lowest BCUT2D eigenvalue weighted by Gasteiger charge is -2.17. The summed E-state index contributed by atoms with van der Waals surface area (Å²) < 4.78 is 2.62. The molecule has 0 aliphatic carbocycles. The van der Waals surface area contributed by atoms with E-state index in [0.717, 1.165) is 0 Å². The highest BCUT2D eigenvalue weighted by Gasteiger charge is 2.25. The van der Waals surface area contributed by atoms with E-state index < -0.39 is 0 Å². The number of hydrogen-bond donors (Lipinski definition) is 1. The highest BCUT2D eigenvalue weighted by Crippen LogP contribution is 2.27. The number of H-pyrrole nitrogens is 1. The summed E-state index contributed by atoms with van der Waals surface area (Å²) in [5.74, 6) is 2.24. The van der Waals surface area contributed by atoms with Gasteiger partial charge >= 0.3 is 0 Å². The first kappa shape index (κ1) is 33.2. The van der Waals surface area contributed by atoms with Gasteiger partial charge in [0.25, 0.3) is 5.82 Å². The van der Waals surface area contributed by atoms with Crippen LogP contribution in [0.2, 0.25) is 0 Å². The van der Waals surface area contributed by atoms with Crippen LogP contribution in [-0.2, 0) is 0 Å². The standard InChI is InChI=1S/C34H66N2/c1-5-8-11-14-16-17-18-20-22-24-27-32(4)36-31-30-35-34(36)33(28-25-21-13-10-7-3)29-26-23-19-15-12-9-6-2/h30-33H,5-29H2,1-4H3/p+1. The van der Waals surface area contributed by atoms with Gasteiger partial charge in [-0.25, -0.2) is 9.55 Å². The molecular formula is C34H67N2+. The van der Waals surface area contributed by atoms with Crippen LogP contribution in [-0.4, -0.2) is 4.98 Å². The molecule has 1 heterocycles. The van der Waals surface area contributed by atoms with Gasteiger partial charge in [-0.3, -0.25) is 0 Å². The molecule has 0 bridgehead atoms. The van der Waals surface area contributed by atoms with E-state index in [2.05, 4.69) is 49.6 Å². The largest absolute Gasteiger partial charge is 0.257 e. The average Bonchev–Trinajstić information content (AvgIpc) is 3.38. The molecule has 0 aliphatic heterocycles. The van der Waals surface area contributed by atoms with Crippen LogP contribution < -0.4 is 4.57 Å². The first-order chi connectivity index (χ1) is 17.7. The normalized spacial score (nSPS) is 13.3. The predicted octanol–water partition coefficient (Wildman–Crippen LogP) is 11.8. The van der Waals surface area contributed by atoms with Gasteiger partial charge in [0.15, 0.2) is 0 Å². The van der Waals surface area contributed by atoms with E-state index in [9.17, 15) is 0 Å². The lowest BCUT2D eigenvalue weighted by atomic mass is 9.93. The maximum absolute atomic E-state index is 3.71. The number of aromatic amines is 1. The van der Waals surface area contributed by atoms with E-state index in [4.69, 9.17) is 0 Å². The number of hydrogen-bond acceptors (Lipinski definition) is 0. The van der Waals surface area contributed by atoms with E-state index in [1.54, 1.807) is 0 Å². The summed E-state index contributed by atoms with van der Waals surface area (Å²) in [6.07, 6.45) is 39.7. The van der Waals surface area contributed by atoms with Crippen LogP contribution in [0.4, 0.5) is 0 Å². The average molecular weight is 504 g/mol. The molecule has 0 fully saturated rings. The van der Waals surface area contributed by atoms with Gasteiger partial charge in [-0.05, 0) is 32.6 Å². The molecule has 0 aliphatic rings. The van der Waals surface area contributed by atoms with Crippen molar-refractivity contribution in [2.24, 2.45) is 0 Å². The molecule has 0 aromatic carbocycles. The summed E-state index contributed by atoms with van der Waals surface area (Å²) in [6, 6.07) is 0.622. The molecule has 36 heavy (non-hydrogen) atoms.